The van der Waals surface area contributed by atoms with Gasteiger partial charge >= 0.3 is 5.95 Å². The molecule has 29 heavy (non-hydrogen) atoms. The van der Waals surface area contributed by atoms with Crippen molar-refractivity contribution in [3.8, 4) is 0 Å². The fraction of sp³-hybridized carbons (Fsp3) is 0.400. The predicted molar refractivity (Wildman–Crippen MR) is 114 cm³/mol. The summed E-state index contributed by atoms with van der Waals surface area (Å²) in [6, 6.07) is 5.71. The van der Waals surface area contributed by atoms with Gasteiger partial charge in [0.2, 0.25) is 0 Å². The molecular weight excluding hydrogens is 368 g/mol. The van der Waals surface area contributed by atoms with E-state index in [2.05, 4.69) is 48.6 Å². The molecule has 0 amide bonds. The molecular formula is C20H24N8O. The molecule has 0 saturated carbocycles. The minimum Gasteiger partial charge on any atom is -0.486 e. The topological polar surface area (TPSA) is 76.1 Å². The van der Waals surface area contributed by atoms with Crippen molar-refractivity contribution < 1.29 is 4.74 Å². The number of aliphatic imine (C=N–C) groups is 1. The predicted octanol–water partition coefficient (Wildman–Crippen LogP) is 5.96. The number of hydrogen-bond acceptors (Lipinski definition) is 6. The Bertz CT molecular complexity index is 974. The number of anilines is 1. The molecule has 1 aromatic carbocycles. The number of methoxy groups -OCH3 is 1. The summed E-state index contributed by atoms with van der Waals surface area (Å²) < 4.78 is 6.57. The highest BCUT2D eigenvalue weighted by molar-refractivity contribution is 5.72. The largest absolute Gasteiger partial charge is 0.486 e. The third-order valence-electron chi connectivity index (χ3n) is 4.19. The van der Waals surface area contributed by atoms with Crippen LogP contribution in [-0.4, -0.2) is 36.2 Å². The van der Waals surface area contributed by atoms with E-state index in [1.54, 1.807) is 4.57 Å². The maximum absolute atomic E-state index is 7.34. The van der Waals surface area contributed by atoms with Crippen LogP contribution in [0.5, 0.6) is 0 Å². The Balaban J connectivity index is 2.49. The summed E-state index contributed by atoms with van der Waals surface area (Å²) in [4.78, 5) is 17.4. The molecule has 0 aliphatic rings. The molecule has 1 aromatic heterocycles. The minimum absolute atomic E-state index is 0.0388. The molecule has 0 N–H and O–H groups in total. The van der Waals surface area contributed by atoms with Gasteiger partial charge in [0.15, 0.2) is 6.40 Å². The van der Waals surface area contributed by atoms with Crippen LogP contribution in [0, 0.1) is 13.1 Å². The zero-order chi connectivity index (χ0) is 21.2. The van der Waals surface area contributed by atoms with Crippen molar-refractivity contribution in [3.05, 3.63) is 41.0 Å². The molecule has 9 heteroatoms. The summed E-state index contributed by atoms with van der Waals surface area (Å²) in [6.45, 7) is 23.0. The number of azo groups is 1. The number of nitrogens with zero attached hydrogens (tertiary/aromatic N) is 8. The van der Waals surface area contributed by atoms with Crippen LogP contribution < -0.4 is 4.90 Å². The first-order valence-corrected chi connectivity index (χ1v) is 9.34. The van der Waals surface area contributed by atoms with E-state index >= 15 is 0 Å². The lowest BCUT2D eigenvalue weighted by Crippen LogP contribution is -2.21. The molecule has 2 rings (SSSR count). The van der Waals surface area contributed by atoms with Gasteiger partial charge in [0.1, 0.15) is 5.69 Å². The Morgan fingerprint density at radius 1 is 1.14 bits per heavy atom. The molecule has 0 radical (unpaired) electrons. The maximum atomic E-state index is 7.34. The lowest BCUT2D eigenvalue weighted by Gasteiger charge is -2.21. The Morgan fingerprint density at radius 3 is 2.48 bits per heavy atom. The molecule has 2 aromatic rings. The summed E-state index contributed by atoms with van der Waals surface area (Å²) in [6.07, 6.45) is 2.12. The van der Waals surface area contributed by atoms with Crippen LogP contribution >= 0.6 is 0 Å². The van der Waals surface area contributed by atoms with Crippen LogP contribution in [0.3, 0.4) is 0 Å². The smallest absolute Gasteiger partial charge is 0.416 e. The second kappa shape index (κ2) is 10.6. The van der Waals surface area contributed by atoms with E-state index in [9.17, 15) is 0 Å². The fourth-order valence-corrected chi connectivity index (χ4v) is 2.81. The van der Waals surface area contributed by atoms with E-state index in [1.807, 2.05) is 25.1 Å². The van der Waals surface area contributed by atoms with Crippen LogP contribution in [0.25, 0.3) is 9.69 Å². The fourth-order valence-electron chi connectivity index (χ4n) is 2.81. The summed E-state index contributed by atoms with van der Waals surface area (Å²) >= 11 is 0. The standard InChI is InChI=1S/C20H24N8O/c1-7-12-28-19(22-5)18(21-4)24-20(28)26-25-16-11-10-15(27(8-2)9-3)13-17(16)23-14-29-6/h10-11,13-14H,7-9,12H2,1-3,6H3/b23-14-,26-25?. The van der Waals surface area contributed by atoms with Crippen LogP contribution in [0.15, 0.2) is 33.4 Å². The summed E-state index contributed by atoms with van der Waals surface area (Å²) in [5.41, 5.74) is 2.16. The number of hydrogen-bond donors (Lipinski definition) is 0. The molecule has 0 bridgehead atoms. The van der Waals surface area contributed by atoms with Gasteiger partial charge in [-0.05, 0) is 38.5 Å². The Kier molecular flexibility index (Phi) is 7.87. The van der Waals surface area contributed by atoms with Crippen molar-refractivity contribution in [2.24, 2.45) is 15.2 Å². The first kappa shape index (κ1) is 21.6. The van der Waals surface area contributed by atoms with Crippen molar-refractivity contribution in [1.82, 2.24) is 9.55 Å². The Hall–Kier alpha value is -3.72. The second-order valence-electron chi connectivity index (χ2n) is 5.95. The van der Waals surface area contributed by atoms with Crippen LogP contribution in [0.4, 0.5) is 34.6 Å². The lowest BCUT2D eigenvalue weighted by molar-refractivity contribution is 0.423. The van der Waals surface area contributed by atoms with Gasteiger partial charge in [0, 0.05) is 18.8 Å². The van der Waals surface area contributed by atoms with Gasteiger partial charge in [-0.1, -0.05) is 30.2 Å². The second-order valence-corrected chi connectivity index (χ2v) is 5.95. The molecule has 0 fully saturated rings. The number of benzene rings is 1. The molecule has 0 aliphatic carbocycles. The van der Waals surface area contributed by atoms with Gasteiger partial charge in [-0.25, -0.2) is 9.56 Å². The average molecular weight is 392 g/mol. The molecule has 1 heterocycles. The van der Waals surface area contributed by atoms with Crippen LogP contribution in [0.2, 0.25) is 0 Å². The Labute approximate surface area is 171 Å². The van der Waals surface area contributed by atoms with E-state index in [4.69, 9.17) is 17.9 Å². The summed E-state index contributed by atoms with van der Waals surface area (Å²) in [5, 5.41) is 8.51. The number of imidazole rings is 1. The maximum Gasteiger partial charge on any atom is 0.416 e. The quantitative estimate of drug-likeness (QED) is 0.228. The molecule has 9 nitrogen and oxygen atoms in total. The first-order chi connectivity index (χ1) is 14.1. The molecule has 0 saturated heterocycles. The highest BCUT2D eigenvalue weighted by atomic mass is 16.5. The van der Waals surface area contributed by atoms with Crippen LogP contribution in [-0.2, 0) is 11.3 Å². The zero-order valence-corrected chi connectivity index (χ0v) is 17.1. The minimum atomic E-state index is 0.0388. The van der Waals surface area contributed by atoms with Crippen molar-refractivity contribution in [3.63, 3.8) is 0 Å². The molecule has 150 valence electrons. The number of aromatic nitrogens is 2. The van der Waals surface area contributed by atoms with E-state index in [-0.39, 0.29) is 17.6 Å². The molecule has 0 atom stereocenters. The third-order valence-corrected chi connectivity index (χ3v) is 4.19. The van der Waals surface area contributed by atoms with Gasteiger partial charge < -0.3 is 19.3 Å². The number of ether oxygens (including phenoxy) is 1. The normalized spacial score (nSPS) is 11.0. The van der Waals surface area contributed by atoms with E-state index < -0.39 is 0 Å². The van der Waals surface area contributed by atoms with Crippen molar-refractivity contribution >= 4 is 41.0 Å². The van der Waals surface area contributed by atoms with Gasteiger partial charge in [-0.3, -0.25) is 0 Å². The van der Waals surface area contributed by atoms with E-state index in [1.165, 1.54) is 13.5 Å². The van der Waals surface area contributed by atoms with Gasteiger partial charge in [0.05, 0.1) is 19.3 Å². The van der Waals surface area contributed by atoms with Gasteiger partial charge in [-0.2, -0.15) is 0 Å². The van der Waals surface area contributed by atoms with E-state index in [0.29, 0.717) is 17.9 Å². The molecule has 0 aliphatic heterocycles. The summed E-state index contributed by atoms with van der Waals surface area (Å²) in [7, 11) is 1.53. The Morgan fingerprint density at radius 2 is 1.90 bits per heavy atom. The van der Waals surface area contributed by atoms with Gasteiger partial charge in [-0.15, -0.1) is 5.11 Å². The van der Waals surface area contributed by atoms with Gasteiger partial charge in [0.25, 0.3) is 11.6 Å². The highest BCUT2D eigenvalue weighted by Gasteiger charge is 2.21. The lowest BCUT2D eigenvalue weighted by atomic mass is 10.2. The average Bonchev–Trinajstić information content (AvgIpc) is 3.09. The van der Waals surface area contributed by atoms with Crippen LogP contribution in [0.1, 0.15) is 27.2 Å². The van der Waals surface area contributed by atoms with Crippen molar-refractivity contribution in [2.45, 2.75) is 33.7 Å². The molecule has 0 unspecified atom stereocenters. The first-order valence-electron chi connectivity index (χ1n) is 9.34. The van der Waals surface area contributed by atoms with Crippen molar-refractivity contribution in [1.29, 1.82) is 0 Å². The van der Waals surface area contributed by atoms with E-state index in [0.717, 1.165) is 25.2 Å². The van der Waals surface area contributed by atoms with Crippen molar-refractivity contribution in [2.75, 3.05) is 25.1 Å². The zero-order valence-electron chi connectivity index (χ0n) is 17.1. The third kappa shape index (κ3) is 4.96. The molecule has 0 spiro atoms. The highest BCUT2D eigenvalue weighted by Crippen LogP contribution is 2.36. The monoisotopic (exact) mass is 392 g/mol. The number of rotatable bonds is 9. The summed E-state index contributed by atoms with van der Waals surface area (Å²) in [5.74, 6) is 0.459. The SMILES string of the molecule is [C-]#[N+]c1nc(N=Nc2ccc(N(CC)CC)cc2/N=C\OC)n(CCC)c1[N+]#[C-].